The summed E-state index contributed by atoms with van der Waals surface area (Å²) in [6.45, 7) is 18.4. The molecule has 1 rings (SSSR count). The first kappa shape index (κ1) is 23.1. The maximum absolute atomic E-state index is 14.4. The highest BCUT2D eigenvalue weighted by Crippen LogP contribution is 2.23. The van der Waals surface area contributed by atoms with Crippen LogP contribution in [0.15, 0.2) is 18.2 Å². The first-order valence-electron chi connectivity index (χ1n) is 9.04. The molecule has 1 atom stereocenters. The molecule has 0 saturated carbocycles. The second-order valence-corrected chi connectivity index (χ2v) is 23.3. The van der Waals surface area contributed by atoms with E-state index in [4.69, 9.17) is 8.85 Å². The van der Waals surface area contributed by atoms with E-state index in [9.17, 15) is 9.18 Å². The molecule has 0 spiro atoms. The van der Waals surface area contributed by atoms with Crippen LogP contribution in [0.2, 0.25) is 58.9 Å². The number of halogens is 1. The topological polar surface area (TPSA) is 47.6 Å². The van der Waals surface area contributed by atoms with Gasteiger partial charge in [0.1, 0.15) is 20.0 Å². The largest absolute Gasteiger partial charge is 0.542 e. The van der Waals surface area contributed by atoms with Crippen LogP contribution in [0.1, 0.15) is 5.56 Å². The Balaban J connectivity index is 3.00. The molecule has 4 nitrogen and oxygen atoms in total. The van der Waals surface area contributed by atoms with Crippen molar-refractivity contribution in [1.29, 1.82) is 0 Å². The Hall–Kier alpha value is -0.969. The summed E-state index contributed by atoms with van der Waals surface area (Å²) >= 11 is 0. The molecule has 0 heterocycles. The molecule has 1 aromatic rings. The molecule has 1 aromatic carbocycles. The van der Waals surface area contributed by atoms with Crippen molar-refractivity contribution in [2.45, 2.75) is 71.4 Å². The van der Waals surface area contributed by atoms with Crippen molar-refractivity contribution in [2.75, 3.05) is 0 Å². The molecule has 0 aliphatic rings. The average molecular weight is 416 g/mol. The molecular formula is C18H34FNO3Si3. The van der Waals surface area contributed by atoms with Gasteiger partial charge >= 0.3 is 5.97 Å². The fourth-order valence-corrected chi connectivity index (χ4v) is 5.24. The van der Waals surface area contributed by atoms with Gasteiger partial charge < -0.3 is 13.8 Å². The van der Waals surface area contributed by atoms with Crippen LogP contribution in [0, 0.1) is 5.82 Å². The molecule has 0 saturated heterocycles. The van der Waals surface area contributed by atoms with E-state index in [-0.39, 0.29) is 17.5 Å². The zero-order valence-corrected chi connectivity index (χ0v) is 20.6. The van der Waals surface area contributed by atoms with Crippen LogP contribution in [0.25, 0.3) is 0 Å². The first-order chi connectivity index (χ1) is 11.6. The normalized spacial score (nSPS) is 14.1. The van der Waals surface area contributed by atoms with Crippen LogP contribution < -0.4 is 9.41 Å². The second kappa shape index (κ2) is 8.37. The third kappa shape index (κ3) is 9.11. The number of carbonyl (C=O) groups excluding carboxylic acids is 1. The van der Waals surface area contributed by atoms with Crippen LogP contribution >= 0.6 is 0 Å². The zero-order chi connectivity index (χ0) is 20.3. The van der Waals surface area contributed by atoms with Crippen molar-refractivity contribution >= 4 is 30.8 Å². The minimum atomic E-state index is -1.99. The molecule has 0 amide bonds. The summed E-state index contributed by atoms with van der Waals surface area (Å²) in [6, 6.07) is 4.50. The van der Waals surface area contributed by atoms with Crippen LogP contribution in [-0.2, 0) is 15.6 Å². The SMILES string of the molecule is C[Si](C)(C)NC(Cc1ccc(O[Si](C)(C)C)c(F)c1)C(=O)O[Si](C)(C)C. The van der Waals surface area contributed by atoms with E-state index in [1.54, 1.807) is 6.07 Å². The minimum Gasteiger partial charge on any atom is -0.542 e. The Morgan fingerprint density at radius 2 is 1.62 bits per heavy atom. The Morgan fingerprint density at radius 1 is 1.04 bits per heavy atom. The third-order valence-electron chi connectivity index (χ3n) is 3.15. The van der Waals surface area contributed by atoms with Gasteiger partial charge in [0.25, 0.3) is 0 Å². The lowest BCUT2D eigenvalue weighted by atomic mass is 10.1. The van der Waals surface area contributed by atoms with Crippen LogP contribution in [-0.4, -0.2) is 36.9 Å². The quantitative estimate of drug-likeness (QED) is 0.622. The average Bonchev–Trinajstić information content (AvgIpc) is 2.36. The van der Waals surface area contributed by atoms with Crippen molar-refractivity contribution in [3.8, 4) is 5.75 Å². The number of hydrogen-bond acceptors (Lipinski definition) is 4. The van der Waals surface area contributed by atoms with Crippen molar-refractivity contribution in [1.82, 2.24) is 4.98 Å². The van der Waals surface area contributed by atoms with E-state index in [0.717, 1.165) is 5.56 Å². The van der Waals surface area contributed by atoms with Crippen molar-refractivity contribution in [2.24, 2.45) is 0 Å². The van der Waals surface area contributed by atoms with Crippen LogP contribution in [0.5, 0.6) is 5.75 Å². The van der Waals surface area contributed by atoms with E-state index in [0.29, 0.717) is 6.42 Å². The van der Waals surface area contributed by atoms with Gasteiger partial charge in [0, 0.05) is 0 Å². The smallest absolute Gasteiger partial charge is 0.309 e. The zero-order valence-electron chi connectivity index (χ0n) is 17.6. The number of rotatable bonds is 8. The van der Waals surface area contributed by atoms with E-state index in [1.807, 2.05) is 45.3 Å². The first-order valence-corrected chi connectivity index (χ1v) is 19.4. The number of hydrogen-bond donors (Lipinski definition) is 1. The van der Waals surface area contributed by atoms with Gasteiger partial charge in [0.05, 0.1) is 0 Å². The predicted octanol–water partition coefficient (Wildman–Crippen LogP) is 4.75. The Kier molecular flexibility index (Phi) is 7.42. The maximum atomic E-state index is 14.4. The molecule has 8 heteroatoms. The summed E-state index contributed by atoms with van der Waals surface area (Å²) < 4.78 is 25.9. The molecule has 0 aliphatic carbocycles. The van der Waals surface area contributed by atoms with Gasteiger partial charge in [-0.3, -0.25) is 4.79 Å². The minimum absolute atomic E-state index is 0.241. The molecule has 1 unspecified atom stereocenters. The fraction of sp³-hybridized carbons (Fsp3) is 0.611. The molecule has 0 aliphatic heterocycles. The Morgan fingerprint density at radius 3 is 2.04 bits per heavy atom. The summed E-state index contributed by atoms with van der Waals surface area (Å²) in [5.41, 5.74) is 0.758. The highest BCUT2D eigenvalue weighted by molar-refractivity contribution is 6.74. The van der Waals surface area contributed by atoms with Crippen molar-refractivity contribution < 1.29 is 18.0 Å². The van der Waals surface area contributed by atoms with Crippen LogP contribution in [0.4, 0.5) is 4.39 Å². The summed E-state index contributed by atoms with van der Waals surface area (Å²) in [5.74, 6) is -0.336. The monoisotopic (exact) mass is 415 g/mol. The maximum Gasteiger partial charge on any atom is 0.309 e. The Labute approximate surface area is 160 Å². The van der Waals surface area contributed by atoms with E-state index >= 15 is 0 Å². The standard InChI is InChI=1S/C18H34FNO3Si3/c1-24(2,3)20-16(18(21)23-26(7,8)9)13-14-10-11-17(15(19)12-14)22-25(4,5)6/h10-12,16,20H,13H2,1-9H3. The molecule has 26 heavy (non-hydrogen) atoms. The molecule has 0 bridgehead atoms. The third-order valence-corrected chi connectivity index (χ3v) is 6.01. The summed E-state index contributed by atoms with van der Waals surface area (Å²) in [7, 11) is -5.57. The lowest BCUT2D eigenvalue weighted by Crippen LogP contribution is -2.54. The highest BCUT2D eigenvalue weighted by atomic mass is 28.4. The molecule has 1 N–H and O–H groups in total. The number of nitrogens with one attached hydrogen (secondary N) is 1. The van der Waals surface area contributed by atoms with Crippen molar-refractivity contribution in [3.05, 3.63) is 29.6 Å². The second-order valence-electron chi connectivity index (χ2n) is 9.66. The highest BCUT2D eigenvalue weighted by Gasteiger charge is 2.30. The van der Waals surface area contributed by atoms with Crippen molar-refractivity contribution in [3.63, 3.8) is 0 Å². The molecule has 0 radical (unpaired) electrons. The molecule has 148 valence electrons. The van der Waals surface area contributed by atoms with Gasteiger partial charge in [-0.05, 0) is 63.4 Å². The van der Waals surface area contributed by atoms with E-state index in [1.165, 1.54) is 6.07 Å². The van der Waals surface area contributed by atoms with E-state index in [2.05, 4.69) is 24.6 Å². The summed E-state index contributed by atoms with van der Waals surface area (Å²) in [4.78, 5) is 16.1. The van der Waals surface area contributed by atoms with Gasteiger partial charge in [-0.25, -0.2) is 4.39 Å². The lowest BCUT2D eigenvalue weighted by Gasteiger charge is -2.29. The van der Waals surface area contributed by atoms with Gasteiger partial charge in [-0.2, -0.15) is 0 Å². The van der Waals surface area contributed by atoms with Gasteiger partial charge in [0.15, 0.2) is 5.82 Å². The van der Waals surface area contributed by atoms with E-state index < -0.39 is 30.9 Å². The lowest BCUT2D eigenvalue weighted by molar-refractivity contribution is -0.137. The molecule has 0 aromatic heterocycles. The number of carbonyl (C=O) groups is 1. The van der Waals surface area contributed by atoms with Crippen LogP contribution in [0.3, 0.4) is 0 Å². The predicted molar refractivity (Wildman–Crippen MR) is 114 cm³/mol. The fourth-order valence-electron chi connectivity index (χ4n) is 2.41. The van der Waals surface area contributed by atoms with Gasteiger partial charge in [-0.1, -0.05) is 25.7 Å². The van der Waals surface area contributed by atoms with Gasteiger partial charge in [-0.15, -0.1) is 0 Å². The van der Waals surface area contributed by atoms with Gasteiger partial charge in [0.2, 0.25) is 16.6 Å². The molecular weight excluding hydrogens is 381 g/mol. The number of benzene rings is 1. The molecule has 0 fully saturated rings. The summed E-state index contributed by atoms with van der Waals surface area (Å²) in [5, 5.41) is 0. The summed E-state index contributed by atoms with van der Waals surface area (Å²) in [6.07, 6.45) is 0.401. The Bertz CT molecular complexity index is 634.